The van der Waals surface area contributed by atoms with E-state index in [1.807, 2.05) is 52.2 Å². The number of nitrogens with zero attached hydrogens (tertiary/aromatic N) is 2. The molecule has 3 heterocycles. The van der Waals surface area contributed by atoms with Gasteiger partial charge in [-0.3, -0.25) is 9.20 Å². The summed E-state index contributed by atoms with van der Waals surface area (Å²) >= 11 is 1.62. The van der Waals surface area contributed by atoms with Crippen molar-refractivity contribution in [3.05, 3.63) is 58.2 Å². The summed E-state index contributed by atoms with van der Waals surface area (Å²) in [5.41, 5.74) is 2.48. The number of nitrogens with one attached hydrogen (secondary N) is 1. The highest BCUT2D eigenvalue weighted by Crippen LogP contribution is 2.27. The average molecular weight is 267 g/mol. The molecule has 4 aromatic rings. The summed E-state index contributed by atoms with van der Waals surface area (Å²) < 4.78 is 3.01. The van der Waals surface area contributed by atoms with Crippen molar-refractivity contribution in [3.63, 3.8) is 0 Å². The molecule has 3 aromatic heterocycles. The molecule has 4 rings (SSSR count). The minimum Gasteiger partial charge on any atom is -0.286 e. The van der Waals surface area contributed by atoms with Crippen LogP contribution in [0.1, 0.15) is 0 Å². The third-order valence-corrected chi connectivity index (χ3v) is 4.02. The van der Waals surface area contributed by atoms with Crippen LogP contribution in [0.4, 0.5) is 0 Å². The first-order valence-corrected chi connectivity index (χ1v) is 6.75. The summed E-state index contributed by atoms with van der Waals surface area (Å²) in [6.07, 6.45) is 0. The van der Waals surface area contributed by atoms with Gasteiger partial charge in [-0.25, -0.2) is 5.10 Å². The van der Waals surface area contributed by atoms with Crippen LogP contribution in [0.5, 0.6) is 0 Å². The number of H-pyrrole nitrogens is 1. The third-order valence-electron chi connectivity index (χ3n) is 3.16. The lowest BCUT2D eigenvalue weighted by molar-refractivity contribution is 0.943. The fraction of sp³-hybridized carbons (Fsp3) is 0. The molecule has 19 heavy (non-hydrogen) atoms. The molecule has 0 amide bonds. The Bertz CT molecular complexity index is 934. The van der Waals surface area contributed by atoms with Crippen molar-refractivity contribution in [1.82, 2.24) is 14.6 Å². The van der Waals surface area contributed by atoms with Crippen molar-refractivity contribution < 1.29 is 0 Å². The summed E-state index contributed by atoms with van der Waals surface area (Å²) in [4.78, 5) is 11.9. The number of fused-ring (bicyclic) bond motifs is 3. The first-order valence-electron chi connectivity index (χ1n) is 5.87. The molecule has 5 heteroatoms. The minimum atomic E-state index is -0.164. The largest absolute Gasteiger partial charge is 0.288 e. The lowest BCUT2D eigenvalue weighted by atomic mass is 10.2. The Balaban J connectivity index is 2.22. The highest BCUT2D eigenvalue weighted by Gasteiger charge is 2.12. The van der Waals surface area contributed by atoms with E-state index in [0.717, 1.165) is 21.6 Å². The minimum absolute atomic E-state index is 0.164. The van der Waals surface area contributed by atoms with Crippen LogP contribution in [0.2, 0.25) is 0 Å². The molecule has 0 saturated heterocycles. The van der Waals surface area contributed by atoms with Gasteiger partial charge < -0.3 is 0 Å². The first-order chi connectivity index (χ1) is 9.34. The lowest BCUT2D eigenvalue weighted by Crippen LogP contribution is -2.13. The molecule has 0 aliphatic heterocycles. The van der Waals surface area contributed by atoms with Gasteiger partial charge in [-0.15, -0.1) is 11.3 Å². The van der Waals surface area contributed by atoms with Crippen molar-refractivity contribution in [2.75, 3.05) is 0 Å². The Morgan fingerprint density at radius 1 is 1.11 bits per heavy atom. The van der Waals surface area contributed by atoms with Crippen LogP contribution in [0, 0.1) is 0 Å². The number of hydrogen-bond donors (Lipinski definition) is 1. The van der Waals surface area contributed by atoms with Crippen LogP contribution in [0.3, 0.4) is 0 Å². The zero-order valence-corrected chi connectivity index (χ0v) is 10.6. The molecule has 0 bridgehead atoms. The summed E-state index contributed by atoms with van der Waals surface area (Å²) in [5.74, 6) is 0.753. The number of hydrogen-bond acceptors (Lipinski definition) is 3. The van der Waals surface area contributed by atoms with E-state index in [9.17, 15) is 4.79 Å². The van der Waals surface area contributed by atoms with E-state index in [1.165, 1.54) is 0 Å². The fourth-order valence-electron chi connectivity index (χ4n) is 2.31. The van der Waals surface area contributed by atoms with E-state index in [2.05, 4.69) is 10.2 Å². The molecule has 0 saturated carbocycles. The standard InChI is InChI=1S/C14H9N3OS/c18-14-11-8-12-10(6-7-19-12)17(11)13(15-16-14)9-4-2-1-3-5-9/h1-8H,(H,16,18). The monoisotopic (exact) mass is 267 g/mol. The Kier molecular flexibility index (Phi) is 2.10. The molecule has 0 aliphatic rings. The van der Waals surface area contributed by atoms with Crippen LogP contribution < -0.4 is 5.56 Å². The molecule has 0 unspecified atom stereocenters. The highest BCUT2D eigenvalue weighted by molar-refractivity contribution is 7.17. The van der Waals surface area contributed by atoms with Crippen LogP contribution in [0.15, 0.2) is 52.6 Å². The second kappa shape index (κ2) is 3.80. The zero-order valence-electron chi connectivity index (χ0n) is 9.83. The topological polar surface area (TPSA) is 50.2 Å². The number of aromatic nitrogens is 3. The summed E-state index contributed by atoms with van der Waals surface area (Å²) in [5, 5.41) is 8.80. The van der Waals surface area contributed by atoms with Gasteiger partial charge in [-0.2, -0.15) is 5.10 Å². The molecule has 0 atom stereocenters. The van der Waals surface area contributed by atoms with Crippen LogP contribution >= 0.6 is 11.3 Å². The number of rotatable bonds is 1. The molecule has 0 radical (unpaired) electrons. The summed E-state index contributed by atoms with van der Waals surface area (Å²) in [6, 6.07) is 13.8. The predicted octanol–water partition coefficient (Wildman–Crippen LogP) is 2.90. The normalized spacial score (nSPS) is 11.4. The molecular formula is C14H9N3OS. The van der Waals surface area contributed by atoms with Gasteiger partial charge in [0.1, 0.15) is 5.52 Å². The van der Waals surface area contributed by atoms with Gasteiger partial charge in [0.2, 0.25) is 0 Å². The molecule has 4 nitrogen and oxygen atoms in total. The zero-order chi connectivity index (χ0) is 12.8. The van der Waals surface area contributed by atoms with Gasteiger partial charge in [0.05, 0.1) is 10.2 Å². The molecule has 0 fully saturated rings. The van der Waals surface area contributed by atoms with Gasteiger partial charge >= 0.3 is 0 Å². The van der Waals surface area contributed by atoms with Gasteiger partial charge in [0.25, 0.3) is 5.56 Å². The van der Waals surface area contributed by atoms with E-state index in [1.54, 1.807) is 11.3 Å². The lowest BCUT2D eigenvalue weighted by Gasteiger charge is -2.04. The SMILES string of the molecule is O=c1[nH]nc(-c2ccccc2)n2c1cc1sccc12. The molecule has 1 N–H and O–H groups in total. The Labute approximate surface area is 111 Å². The van der Waals surface area contributed by atoms with E-state index >= 15 is 0 Å². The van der Waals surface area contributed by atoms with Crippen molar-refractivity contribution in [3.8, 4) is 11.4 Å². The van der Waals surface area contributed by atoms with E-state index in [0.29, 0.717) is 5.52 Å². The maximum Gasteiger partial charge on any atom is 0.288 e. The molecule has 92 valence electrons. The maximum absolute atomic E-state index is 11.9. The predicted molar refractivity (Wildman–Crippen MR) is 76.6 cm³/mol. The second-order valence-corrected chi connectivity index (χ2v) is 5.23. The van der Waals surface area contributed by atoms with Gasteiger partial charge in [-0.1, -0.05) is 30.3 Å². The average Bonchev–Trinajstić information content (AvgIpc) is 3.02. The second-order valence-electron chi connectivity index (χ2n) is 4.28. The Morgan fingerprint density at radius 3 is 2.79 bits per heavy atom. The number of aromatic amines is 1. The van der Waals surface area contributed by atoms with Crippen molar-refractivity contribution in [2.45, 2.75) is 0 Å². The van der Waals surface area contributed by atoms with Gasteiger partial charge in [0.15, 0.2) is 5.82 Å². The summed E-state index contributed by atoms with van der Waals surface area (Å²) in [7, 11) is 0. The molecular weight excluding hydrogens is 258 g/mol. The summed E-state index contributed by atoms with van der Waals surface area (Å²) in [6.45, 7) is 0. The van der Waals surface area contributed by atoms with Crippen LogP contribution in [-0.4, -0.2) is 14.6 Å². The van der Waals surface area contributed by atoms with Crippen LogP contribution in [-0.2, 0) is 0 Å². The Hall–Kier alpha value is -2.40. The van der Waals surface area contributed by atoms with Crippen molar-refractivity contribution in [1.29, 1.82) is 0 Å². The van der Waals surface area contributed by atoms with E-state index < -0.39 is 0 Å². The maximum atomic E-state index is 11.9. The highest BCUT2D eigenvalue weighted by atomic mass is 32.1. The molecule has 0 spiro atoms. The molecule has 0 aliphatic carbocycles. The third kappa shape index (κ3) is 1.45. The Morgan fingerprint density at radius 2 is 1.95 bits per heavy atom. The van der Waals surface area contributed by atoms with Crippen molar-refractivity contribution in [2.24, 2.45) is 0 Å². The van der Waals surface area contributed by atoms with Gasteiger partial charge in [-0.05, 0) is 17.5 Å². The van der Waals surface area contributed by atoms with Crippen LogP contribution in [0.25, 0.3) is 27.1 Å². The van der Waals surface area contributed by atoms with Gasteiger partial charge in [0, 0.05) is 5.56 Å². The molecule has 1 aromatic carbocycles. The smallest absolute Gasteiger partial charge is 0.286 e. The first kappa shape index (κ1) is 10.5. The van der Waals surface area contributed by atoms with Crippen molar-refractivity contribution >= 4 is 27.1 Å². The van der Waals surface area contributed by atoms with E-state index in [-0.39, 0.29) is 5.56 Å². The number of benzene rings is 1. The van der Waals surface area contributed by atoms with E-state index in [4.69, 9.17) is 0 Å². The fourth-order valence-corrected chi connectivity index (χ4v) is 3.12. The quantitative estimate of drug-likeness (QED) is 0.576. The number of thiophene rings is 1.